The molecule has 0 saturated carbocycles. The maximum absolute atomic E-state index is 12.6. The van der Waals surface area contributed by atoms with Crippen molar-refractivity contribution in [3.8, 4) is 0 Å². The number of aliphatic hydroxyl groups excluding tert-OH is 1. The number of alkyl halides is 6. The molecule has 0 aromatic heterocycles. The Labute approximate surface area is 111 Å². The fourth-order valence-corrected chi connectivity index (χ4v) is 1.48. The first-order valence-electron chi connectivity index (χ1n) is 5.66. The fraction of sp³-hybridized carbons (Fsp3) is 0.500. The predicted molar refractivity (Wildman–Crippen MR) is 59.8 cm³/mol. The molecule has 20 heavy (non-hydrogen) atoms. The van der Waals surface area contributed by atoms with Gasteiger partial charge in [-0.3, -0.25) is 0 Å². The molecule has 0 fully saturated rings. The van der Waals surface area contributed by atoms with Crippen LogP contribution in [0.1, 0.15) is 23.6 Å². The minimum Gasteiger partial charge on any atom is -0.395 e. The summed E-state index contributed by atoms with van der Waals surface area (Å²) in [6.45, 7) is 1.08. The second-order valence-corrected chi connectivity index (χ2v) is 4.38. The molecule has 0 radical (unpaired) electrons. The Morgan fingerprint density at radius 2 is 1.45 bits per heavy atom. The summed E-state index contributed by atoms with van der Waals surface area (Å²) in [5.74, 6) is 0. The lowest BCUT2D eigenvalue weighted by molar-refractivity contribution is -0.143. The lowest BCUT2D eigenvalue weighted by Gasteiger charge is -2.16. The minimum absolute atomic E-state index is 0.0823. The number of rotatable bonds is 4. The van der Waals surface area contributed by atoms with E-state index in [-0.39, 0.29) is 24.8 Å². The summed E-state index contributed by atoms with van der Waals surface area (Å²) >= 11 is 0. The molecule has 0 heterocycles. The van der Waals surface area contributed by atoms with Crippen molar-refractivity contribution in [1.29, 1.82) is 0 Å². The summed E-state index contributed by atoms with van der Waals surface area (Å²) in [4.78, 5) is 0. The molecule has 0 bridgehead atoms. The van der Waals surface area contributed by atoms with E-state index >= 15 is 0 Å². The minimum atomic E-state index is -4.85. The Hall–Kier alpha value is -1.28. The molecular formula is C12H13F6NO. The molecule has 0 aliphatic rings. The molecule has 1 rings (SSSR count). The summed E-state index contributed by atoms with van der Waals surface area (Å²) in [6.07, 6.45) is -9.70. The Balaban J connectivity index is 3.11. The van der Waals surface area contributed by atoms with Crippen LogP contribution in [0.2, 0.25) is 0 Å². The zero-order valence-corrected chi connectivity index (χ0v) is 10.4. The number of benzene rings is 1. The predicted octanol–water partition coefficient (Wildman–Crippen LogP) is 3.19. The van der Waals surface area contributed by atoms with Crippen LogP contribution in [0.25, 0.3) is 0 Å². The summed E-state index contributed by atoms with van der Waals surface area (Å²) in [5, 5.41) is 11.4. The van der Waals surface area contributed by atoms with E-state index in [0.29, 0.717) is 12.1 Å². The molecule has 2 nitrogen and oxygen atoms in total. The van der Waals surface area contributed by atoms with Crippen molar-refractivity contribution >= 4 is 0 Å². The molecule has 0 spiro atoms. The normalized spacial score (nSPS) is 14.4. The lowest BCUT2D eigenvalue weighted by Crippen LogP contribution is -2.29. The third kappa shape index (κ3) is 4.68. The smallest absolute Gasteiger partial charge is 0.395 e. The maximum Gasteiger partial charge on any atom is 0.416 e. The first-order valence-corrected chi connectivity index (χ1v) is 5.66. The first-order chi connectivity index (χ1) is 9.04. The van der Waals surface area contributed by atoms with Crippen LogP contribution in [0, 0.1) is 0 Å². The third-order valence-corrected chi connectivity index (χ3v) is 2.58. The summed E-state index contributed by atoms with van der Waals surface area (Å²) in [5.41, 5.74) is -2.84. The Bertz CT molecular complexity index is 422. The van der Waals surface area contributed by atoms with Crippen molar-refractivity contribution < 1.29 is 31.4 Å². The second-order valence-electron chi connectivity index (χ2n) is 4.38. The topological polar surface area (TPSA) is 32.3 Å². The fourth-order valence-electron chi connectivity index (χ4n) is 1.48. The quantitative estimate of drug-likeness (QED) is 0.837. The standard InChI is InChI=1S/C12H13F6NO/c1-7(6-20)19-5-8-2-9(11(13,14)15)4-10(3-8)12(16,17)18/h2-4,7,19-20H,5-6H2,1H3. The van der Waals surface area contributed by atoms with E-state index < -0.39 is 29.5 Å². The molecule has 1 aromatic carbocycles. The number of hydrogen-bond donors (Lipinski definition) is 2. The summed E-state index contributed by atoms with van der Waals surface area (Å²) in [7, 11) is 0. The molecule has 2 N–H and O–H groups in total. The van der Waals surface area contributed by atoms with Crippen LogP contribution < -0.4 is 5.32 Å². The van der Waals surface area contributed by atoms with Crippen LogP contribution >= 0.6 is 0 Å². The number of hydrogen-bond acceptors (Lipinski definition) is 2. The van der Waals surface area contributed by atoms with Gasteiger partial charge in [-0.25, -0.2) is 0 Å². The Morgan fingerprint density at radius 3 is 1.80 bits per heavy atom. The van der Waals surface area contributed by atoms with Gasteiger partial charge in [0, 0.05) is 12.6 Å². The van der Waals surface area contributed by atoms with Gasteiger partial charge in [0.2, 0.25) is 0 Å². The summed E-state index contributed by atoms with van der Waals surface area (Å²) in [6, 6.07) is 0.969. The molecule has 1 unspecified atom stereocenters. The van der Waals surface area contributed by atoms with Gasteiger partial charge in [-0.15, -0.1) is 0 Å². The largest absolute Gasteiger partial charge is 0.416 e. The highest BCUT2D eigenvalue weighted by Gasteiger charge is 2.36. The zero-order valence-electron chi connectivity index (χ0n) is 10.4. The van der Waals surface area contributed by atoms with Crippen molar-refractivity contribution in [3.63, 3.8) is 0 Å². The Morgan fingerprint density at radius 1 is 1.00 bits per heavy atom. The van der Waals surface area contributed by atoms with Gasteiger partial charge in [-0.05, 0) is 30.7 Å². The van der Waals surface area contributed by atoms with Crippen molar-refractivity contribution in [2.45, 2.75) is 31.9 Å². The average Bonchev–Trinajstić information content (AvgIpc) is 2.33. The average molecular weight is 301 g/mol. The van der Waals surface area contributed by atoms with Crippen molar-refractivity contribution in [2.24, 2.45) is 0 Å². The van der Waals surface area contributed by atoms with E-state index in [1.54, 1.807) is 6.92 Å². The van der Waals surface area contributed by atoms with E-state index in [1.807, 2.05) is 0 Å². The number of nitrogens with one attached hydrogen (secondary N) is 1. The van der Waals surface area contributed by atoms with Crippen LogP contribution in [-0.4, -0.2) is 17.8 Å². The van der Waals surface area contributed by atoms with Crippen molar-refractivity contribution in [2.75, 3.05) is 6.61 Å². The maximum atomic E-state index is 12.6. The van der Waals surface area contributed by atoms with Gasteiger partial charge < -0.3 is 10.4 Å². The number of halogens is 6. The molecule has 8 heteroatoms. The van der Waals surface area contributed by atoms with Gasteiger partial charge >= 0.3 is 12.4 Å². The number of aliphatic hydroxyl groups is 1. The molecule has 1 aromatic rings. The first kappa shape index (κ1) is 16.8. The van der Waals surface area contributed by atoms with Gasteiger partial charge in [0.25, 0.3) is 0 Å². The van der Waals surface area contributed by atoms with Crippen LogP contribution in [-0.2, 0) is 18.9 Å². The Kier molecular flexibility index (Phi) is 5.04. The van der Waals surface area contributed by atoms with Crippen molar-refractivity contribution in [3.05, 3.63) is 34.9 Å². The van der Waals surface area contributed by atoms with E-state index in [2.05, 4.69) is 5.32 Å². The summed E-state index contributed by atoms with van der Waals surface area (Å²) < 4.78 is 75.4. The third-order valence-electron chi connectivity index (χ3n) is 2.58. The SMILES string of the molecule is CC(CO)NCc1cc(C(F)(F)F)cc(C(F)(F)F)c1. The van der Waals surface area contributed by atoms with E-state index in [4.69, 9.17) is 5.11 Å². The lowest BCUT2D eigenvalue weighted by atomic mass is 10.0. The second kappa shape index (κ2) is 6.01. The molecule has 114 valence electrons. The van der Waals surface area contributed by atoms with Gasteiger partial charge in [-0.2, -0.15) is 26.3 Å². The van der Waals surface area contributed by atoms with Gasteiger partial charge in [0.05, 0.1) is 17.7 Å². The van der Waals surface area contributed by atoms with E-state index in [9.17, 15) is 26.3 Å². The molecule has 0 aliphatic heterocycles. The van der Waals surface area contributed by atoms with Gasteiger partial charge in [-0.1, -0.05) is 0 Å². The van der Waals surface area contributed by atoms with Gasteiger partial charge in [0.15, 0.2) is 0 Å². The van der Waals surface area contributed by atoms with Crippen LogP contribution in [0.15, 0.2) is 18.2 Å². The van der Waals surface area contributed by atoms with E-state index in [1.165, 1.54) is 0 Å². The molecule has 0 saturated heterocycles. The highest BCUT2D eigenvalue weighted by atomic mass is 19.4. The van der Waals surface area contributed by atoms with Crippen LogP contribution in [0.5, 0.6) is 0 Å². The van der Waals surface area contributed by atoms with Crippen LogP contribution in [0.4, 0.5) is 26.3 Å². The molecular weight excluding hydrogens is 288 g/mol. The molecule has 1 atom stereocenters. The molecule has 0 amide bonds. The van der Waals surface area contributed by atoms with Gasteiger partial charge in [0.1, 0.15) is 0 Å². The highest BCUT2D eigenvalue weighted by molar-refractivity contribution is 5.33. The zero-order chi connectivity index (χ0) is 15.6. The molecule has 0 aliphatic carbocycles. The van der Waals surface area contributed by atoms with E-state index in [0.717, 1.165) is 0 Å². The monoisotopic (exact) mass is 301 g/mol. The highest BCUT2D eigenvalue weighted by Crippen LogP contribution is 2.36. The van der Waals surface area contributed by atoms with Crippen LogP contribution in [0.3, 0.4) is 0 Å². The van der Waals surface area contributed by atoms with Crippen molar-refractivity contribution in [1.82, 2.24) is 5.32 Å².